The Labute approximate surface area is 308 Å². The largest absolute Gasteiger partial charge is 0.383 e. The number of nitrogen functional groups attached to an aromatic ring is 1. The fourth-order valence-corrected chi connectivity index (χ4v) is 6.80. The molecule has 53 heavy (non-hydrogen) atoms. The Hall–Kier alpha value is -6.11. The second-order valence-corrected chi connectivity index (χ2v) is 19.8. The maximum atomic E-state index is 13.2. The van der Waals surface area contributed by atoms with Gasteiger partial charge < -0.3 is 15.8 Å². The Bertz CT molecular complexity index is 2450. The van der Waals surface area contributed by atoms with E-state index in [1.54, 1.807) is 53.1 Å². The number of ether oxygens (including phenoxy) is 1. The van der Waals surface area contributed by atoms with Crippen LogP contribution in [0.1, 0.15) is 15.9 Å². The zero-order chi connectivity index (χ0) is 37.1. The first-order valence-electron chi connectivity index (χ1n) is 17.5. The highest BCUT2D eigenvalue weighted by Gasteiger charge is 2.19. The summed E-state index contributed by atoms with van der Waals surface area (Å²) in [7, 11) is 0.530. The van der Waals surface area contributed by atoms with Crippen molar-refractivity contribution in [3.8, 4) is 39.5 Å². The number of aromatic nitrogens is 6. The number of hydrogen-bond donors (Lipinski definition) is 2. The molecule has 0 radical (unpaired) electrons. The third-order valence-electron chi connectivity index (χ3n) is 9.17. The van der Waals surface area contributed by atoms with E-state index in [2.05, 4.69) is 29.9 Å². The van der Waals surface area contributed by atoms with Crippen LogP contribution < -0.4 is 16.6 Å². The highest BCUT2D eigenvalue weighted by molar-refractivity contribution is 6.76. The van der Waals surface area contributed by atoms with E-state index in [-0.39, 0.29) is 11.5 Å². The number of carbonyl (C=O) groups is 1. The summed E-state index contributed by atoms with van der Waals surface area (Å²) in [6.07, 6.45) is 3.46. The van der Waals surface area contributed by atoms with Gasteiger partial charge in [0.25, 0.3) is 11.5 Å². The van der Waals surface area contributed by atoms with Crippen molar-refractivity contribution in [1.82, 2.24) is 34.2 Å². The maximum Gasteiger partial charge on any atom is 0.274 e. The van der Waals surface area contributed by atoms with Gasteiger partial charge in [-0.25, -0.2) is 15.0 Å². The van der Waals surface area contributed by atoms with E-state index in [0.717, 1.165) is 39.6 Å². The lowest BCUT2D eigenvalue weighted by Gasteiger charge is -2.16. The van der Waals surface area contributed by atoms with E-state index in [9.17, 15) is 9.59 Å². The van der Waals surface area contributed by atoms with Gasteiger partial charge in [0.05, 0.1) is 16.8 Å². The Morgan fingerprint density at radius 1 is 0.849 bits per heavy atom. The van der Waals surface area contributed by atoms with Crippen LogP contribution in [-0.2, 0) is 25.1 Å². The van der Waals surface area contributed by atoms with Crippen LogP contribution in [0.5, 0.6) is 0 Å². The summed E-state index contributed by atoms with van der Waals surface area (Å²) in [5.41, 5.74) is 13.7. The van der Waals surface area contributed by atoms with Gasteiger partial charge in [-0.1, -0.05) is 74.2 Å². The molecular formula is C41H42N8O3Si. The summed E-state index contributed by atoms with van der Waals surface area (Å²) in [5, 5.41) is 3.01. The first kappa shape index (κ1) is 35.3. The van der Waals surface area contributed by atoms with E-state index in [1.165, 1.54) is 0 Å². The van der Waals surface area contributed by atoms with Crippen molar-refractivity contribution in [3.05, 3.63) is 137 Å². The highest BCUT2D eigenvalue weighted by Crippen LogP contribution is 2.32. The van der Waals surface area contributed by atoms with Crippen molar-refractivity contribution in [2.24, 2.45) is 7.05 Å². The molecule has 7 rings (SSSR count). The number of rotatable bonds is 12. The van der Waals surface area contributed by atoms with Gasteiger partial charge in [-0.15, -0.1) is 0 Å². The number of hydrogen-bond acceptors (Lipinski definition) is 7. The molecule has 1 amide bonds. The number of nitrogens with one attached hydrogen (secondary N) is 1. The molecule has 11 nitrogen and oxygen atoms in total. The van der Waals surface area contributed by atoms with E-state index in [4.69, 9.17) is 20.4 Å². The van der Waals surface area contributed by atoms with E-state index in [0.29, 0.717) is 53.9 Å². The predicted octanol–water partition coefficient (Wildman–Crippen LogP) is 7.14. The number of benzene rings is 3. The third kappa shape index (κ3) is 7.74. The van der Waals surface area contributed by atoms with Gasteiger partial charge in [0.2, 0.25) is 0 Å². The molecule has 0 unspecified atom stereocenters. The molecule has 0 aliphatic carbocycles. The number of pyridine rings is 2. The Balaban J connectivity index is 1.06. The topological polar surface area (TPSA) is 135 Å². The SMILES string of the molecule is Cn1c(=O)c(-c2ccc(C(=O)NCc3ccc(-n4c(-c5cccnc5N)nc5ccc(-c6ccccc6)nc54)cc3)cc2)cn1COCC[Si](C)(C)C. The van der Waals surface area contributed by atoms with Crippen molar-refractivity contribution in [2.75, 3.05) is 12.3 Å². The summed E-state index contributed by atoms with van der Waals surface area (Å²) in [6.45, 7) is 8.23. The van der Waals surface area contributed by atoms with Crippen LogP contribution >= 0.6 is 0 Å². The van der Waals surface area contributed by atoms with Gasteiger partial charge in [-0.2, -0.15) is 0 Å². The van der Waals surface area contributed by atoms with Crippen molar-refractivity contribution in [1.29, 1.82) is 0 Å². The van der Waals surface area contributed by atoms with Gasteiger partial charge >= 0.3 is 0 Å². The maximum absolute atomic E-state index is 13.2. The number of anilines is 1. The predicted molar refractivity (Wildman–Crippen MR) is 212 cm³/mol. The molecule has 0 bridgehead atoms. The normalized spacial score (nSPS) is 11.6. The molecule has 0 atom stereocenters. The summed E-state index contributed by atoms with van der Waals surface area (Å²) in [6, 6.07) is 33.7. The smallest absolute Gasteiger partial charge is 0.274 e. The summed E-state index contributed by atoms with van der Waals surface area (Å²) in [4.78, 5) is 40.4. The number of fused-ring (bicyclic) bond motifs is 1. The van der Waals surface area contributed by atoms with Crippen molar-refractivity contribution >= 4 is 31.0 Å². The van der Waals surface area contributed by atoms with E-state index < -0.39 is 8.07 Å². The van der Waals surface area contributed by atoms with Crippen LogP contribution in [0.4, 0.5) is 5.82 Å². The van der Waals surface area contributed by atoms with Gasteiger partial charge in [-0.05, 0) is 65.7 Å². The van der Waals surface area contributed by atoms with Crippen molar-refractivity contribution < 1.29 is 9.53 Å². The summed E-state index contributed by atoms with van der Waals surface area (Å²) < 4.78 is 11.2. The van der Waals surface area contributed by atoms with Crippen LogP contribution in [0.2, 0.25) is 25.7 Å². The average Bonchev–Trinajstić information content (AvgIpc) is 3.68. The van der Waals surface area contributed by atoms with Gasteiger partial charge in [0.15, 0.2) is 11.5 Å². The second kappa shape index (κ2) is 14.9. The molecule has 4 heterocycles. The van der Waals surface area contributed by atoms with Crippen LogP contribution in [-0.4, -0.2) is 49.5 Å². The molecule has 268 valence electrons. The van der Waals surface area contributed by atoms with Gasteiger partial charge in [0, 0.05) is 57.5 Å². The molecule has 0 fully saturated rings. The molecule has 0 saturated carbocycles. The fraction of sp³-hybridized carbons (Fsp3) is 0.195. The molecule has 0 aliphatic rings. The molecule has 3 N–H and O–H groups in total. The first-order chi connectivity index (χ1) is 25.6. The third-order valence-corrected chi connectivity index (χ3v) is 10.9. The molecule has 7 aromatic rings. The number of imidazole rings is 1. The van der Waals surface area contributed by atoms with E-state index in [1.807, 2.05) is 83.4 Å². The molecule has 4 aromatic heterocycles. The first-order valence-corrected chi connectivity index (χ1v) is 21.2. The fourth-order valence-electron chi connectivity index (χ4n) is 6.05. The zero-order valence-electron chi connectivity index (χ0n) is 30.3. The van der Waals surface area contributed by atoms with Gasteiger partial charge in [0.1, 0.15) is 18.1 Å². The molecule has 0 saturated heterocycles. The Kier molecular flexibility index (Phi) is 9.89. The van der Waals surface area contributed by atoms with Crippen molar-refractivity contribution in [3.63, 3.8) is 0 Å². The summed E-state index contributed by atoms with van der Waals surface area (Å²) in [5.74, 6) is 0.792. The molecular weight excluding hydrogens is 681 g/mol. The van der Waals surface area contributed by atoms with Crippen LogP contribution in [0.15, 0.2) is 120 Å². The molecule has 0 aliphatic heterocycles. The van der Waals surface area contributed by atoms with E-state index >= 15 is 0 Å². The Morgan fingerprint density at radius 3 is 2.32 bits per heavy atom. The minimum atomic E-state index is -1.20. The number of amides is 1. The zero-order valence-corrected chi connectivity index (χ0v) is 31.3. The van der Waals surface area contributed by atoms with Crippen LogP contribution in [0, 0.1) is 0 Å². The van der Waals surface area contributed by atoms with Crippen LogP contribution in [0.25, 0.3) is 50.6 Å². The summed E-state index contributed by atoms with van der Waals surface area (Å²) >= 11 is 0. The highest BCUT2D eigenvalue weighted by atomic mass is 28.3. The van der Waals surface area contributed by atoms with Crippen molar-refractivity contribution in [2.45, 2.75) is 39.0 Å². The average molecular weight is 723 g/mol. The molecule has 3 aromatic carbocycles. The molecule has 0 spiro atoms. The number of nitrogens with zero attached hydrogens (tertiary/aromatic N) is 6. The lowest BCUT2D eigenvalue weighted by Crippen LogP contribution is -2.24. The number of nitrogens with two attached hydrogens (primary N) is 1. The minimum Gasteiger partial charge on any atom is -0.383 e. The molecule has 12 heteroatoms. The van der Waals surface area contributed by atoms with Crippen LogP contribution in [0.3, 0.4) is 0 Å². The minimum absolute atomic E-state index is 0.119. The Morgan fingerprint density at radius 2 is 1.60 bits per heavy atom. The lowest BCUT2D eigenvalue weighted by molar-refractivity contribution is 0.0703. The second-order valence-electron chi connectivity index (χ2n) is 14.2. The number of carbonyl (C=O) groups excluding carboxylic acids is 1. The quantitative estimate of drug-likeness (QED) is 0.101. The lowest BCUT2D eigenvalue weighted by atomic mass is 10.1. The van der Waals surface area contributed by atoms with Gasteiger partial charge in [-0.3, -0.25) is 23.5 Å². The standard InChI is InChI=1S/C41H42N8O3Si/c1-47-41(51)34(26-48(47)27-52-23-24-53(2,3)4)29-14-16-31(17-15-29)40(50)44-25-28-12-18-32(19-13-28)49-38(33-11-8-22-43-37(33)42)46-36-21-20-35(45-39(36)49)30-9-6-5-7-10-30/h5-22,26H,23-25,27H2,1-4H3,(H2,42,43)(H,44,50). The monoisotopic (exact) mass is 722 g/mol.